The first-order valence-electron chi connectivity index (χ1n) is 6.99. The van der Waals surface area contributed by atoms with E-state index in [0.29, 0.717) is 11.1 Å². The summed E-state index contributed by atoms with van der Waals surface area (Å²) in [6, 6.07) is 17.9. The molecule has 3 aromatic rings. The molecule has 0 aliphatic heterocycles. The van der Waals surface area contributed by atoms with Crippen LogP contribution in [0.5, 0.6) is 5.75 Å². The fourth-order valence-electron chi connectivity index (χ4n) is 2.32. The minimum absolute atomic E-state index is 0.195. The van der Waals surface area contributed by atoms with Gasteiger partial charge in [0, 0.05) is 16.5 Å². The van der Waals surface area contributed by atoms with Crippen LogP contribution in [0, 0.1) is 6.92 Å². The van der Waals surface area contributed by atoms with Crippen molar-refractivity contribution in [3.05, 3.63) is 66.2 Å². The van der Waals surface area contributed by atoms with Crippen LogP contribution in [-0.4, -0.2) is 11.1 Å². The van der Waals surface area contributed by atoms with Crippen LogP contribution in [0.2, 0.25) is 0 Å². The number of hydrogen-bond acceptors (Lipinski definition) is 2. The van der Waals surface area contributed by atoms with E-state index in [9.17, 15) is 9.90 Å². The highest BCUT2D eigenvalue weighted by Crippen LogP contribution is 2.29. The molecule has 2 amide bonds. The summed E-state index contributed by atoms with van der Waals surface area (Å²) in [6.45, 7) is 1.99. The summed E-state index contributed by atoms with van der Waals surface area (Å²) >= 11 is 0. The van der Waals surface area contributed by atoms with Crippen molar-refractivity contribution in [2.24, 2.45) is 0 Å². The Morgan fingerprint density at radius 1 is 0.864 bits per heavy atom. The van der Waals surface area contributed by atoms with Crippen LogP contribution in [0.25, 0.3) is 10.8 Å². The van der Waals surface area contributed by atoms with Crippen molar-refractivity contribution in [2.45, 2.75) is 6.92 Å². The Bertz CT molecular complexity index is 826. The molecule has 0 saturated carbocycles. The summed E-state index contributed by atoms with van der Waals surface area (Å²) in [4.78, 5) is 12.1. The average Bonchev–Trinajstić information content (AvgIpc) is 2.51. The second-order valence-corrected chi connectivity index (χ2v) is 5.12. The lowest BCUT2D eigenvalue weighted by molar-refractivity contribution is 0.262. The van der Waals surface area contributed by atoms with E-state index in [1.165, 1.54) is 0 Å². The van der Waals surface area contributed by atoms with E-state index in [-0.39, 0.29) is 11.8 Å². The maximum atomic E-state index is 12.1. The number of fused-ring (bicyclic) bond motifs is 1. The van der Waals surface area contributed by atoms with Gasteiger partial charge in [0.2, 0.25) is 0 Å². The number of anilines is 2. The summed E-state index contributed by atoms with van der Waals surface area (Å²) < 4.78 is 0. The van der Waals surface area contributed by atoms with E-state index < -0.39 is 0 Å². The van der Waals surface area contributed by atoms with Crippen molar-refractivity contribution in [1.29, 1.82) is 0 Å². The summed E-state index contributed by atoms with van der Waals surface area (Å²) in [5.74, 6) is 0.195. The quantitative estimate of drug-likeness (QED) is 0.651. The lowest BCUT2D eigenvalue weighted by atomic mass is 10.1. The molecule has 0 aromatic heterocycles. The van der Waals surface area contributed by atoms with Gasteiger partial charge in [0.25, 0.3) is 0 Å². The van der Waals surface area contributed by atoms with Crippen LogP contribution in [-0.2, 0) is 0 Å². The Balaban J connectivity index is 1.82. The molecule has 4 heteroatoms. The number of carbonyl (C=O) groups excluding carboxylic acids is 1. The molecule has 3 rings (SSSR count). The van der Waals surface area contributed by atoms with Gasteiger partial charge in [-0.15, -0.1) is 0 Å². The maximum absolute atomic E-state index is 12.1. The minimum atomic E-state index is -0.320. The highest BCUT2D eigenvalue weighted by Gasteiger charge is 2.07. The molecule has 0 spiro atoms. The zero-order valence-electron chi connectivity index (χ0n) is 12.1. The first-order valence-corrected chi connectivity index (χ1v) is 6.99. The first kappa shape index (κ1) is 13.9. The molecule has 0 fully saturated rings. The molecule has 0 aliphatic carbocycles. The van der Waals surface area contributed by atoms with Gasteiger partial charge in [0.15, 0.2) is 0 Å². The summed E-state index contributed by atoms with van der Waals surface area (Å²) in [7, 11) is 0. The number of hydrogen-bond donors (Lipinski definition) is 3. The topological polar surface area (TPSA) is 61.4 Å². The maximum Gasteiger partial charge on any atom is 0.323 e. The van der Waals surface area contributed by atoms with Crippen LogP contribution in [0.1, 0.15) is 5.56 Å². The normalized spacial score (nSPS) is 10.4. The number of benzene rings is 3. The van der Waals surface area contributed by atoms with Gasteiger partial charge in [-0.1, -0.05) is 42.0 Å². The monoisotopic (exact) mass is 292 g/mol. The lowest BCUT2D eigenvalue weighted by Gasteiger charge is -2.11. The summed E-state index contributed by atoms with van der Waals surface area (Å²) in [5.41, 5.74) is 2.51. The fourth-order valence-corrected chi connectivity index (χ4v) is 2.32. The second-order valence-electron chi connectivity index (χ2n) is 5.12. The van der Waals surface area contributed by atoms with E-state index in [4.69, 9.17) is 0 Å². The predicted octanol–water partition coefficient (Wildman–Crippen LogP) is 4.50. The van der Waals surface area contributed by atoms with Crippen LogP contribution >= 0.6 is 0 Å². The molecular weight excluding hydrogens is 276 g/mol. The molecule has 3 N–H and O–H groups in total. The first-order chi connectivity index (χ1) is 10.6. The standard InChI is InChI=1S/C18H16N2O2/c1-12-8-10-13(11-9-12)19-18(22)20-16-6-2-5-15-14(16)4-3-7-17(15)21/h2-11,21H,1H3,(H2,19,20,22). The van der Waals surface area contributed by atoms with Crippen LogP contribution in [0.15, 0.2) is 60.7 Å². The van der Waals surface area contributed by atoms with Gasteiger partial charge in [-0.3, -0.25) is 0 Å². The Hall–Kier alpha value is -3.01. The van der Waals surface area contributed by atoms with Crippen molar-refractivity contribution in [3.8, 4) is 5.75 Å². The molecule has 0 saturated heterocycles. The minimum Gasteiger partial charge on any atom is -0.507 e. The van der Waals surface area contributed by atoms with Crippen LogP contribution in [0.4, 0.5) is 16.2 Å². The number of amides is 2. The molecule has 0 bridgehead atoms. The molecular formula is C18H16N2O2. The molecule has 3 aromatic carbocycles. The van der Waals surface area contributed by atoms with Crippen molar-refractivity contribution in [1.82, 2.24) is 0 Å². The molecule has 110 valence electrons. The van der Waals surface area contributed by atoms with E-state index in [2.05, 4.69) is 10.6 Å². The molecule has 22 heavy (non-hydrogen) atoms. The van der Waals surface area contributed by atoms with Gasteiger partial charge in [-0.2, -0.15) is 0 Å². The molecule has 0 heterocycles. The summed E-state index contributed by atoms with van der Waals surface area (Å²) in [6.07, 6.45) is 0. The van der Waals surface area contributed by atoms with Crippen molar-refractivity contribution >= 4 is 28.2 Å². The third-order valence-electron chi connectivity index (χ3n) is 3.46. The number of nitrogens with one attached hydrogen (secondary N) is 2. The molecule has 0 radical (unpaired) electrons. The number of phenolic OH excluding ortho intramolecular Hbond substituents is 1. The summed E-state index contributed by atoms with van der Waals surface area (Å²) in [5, 5.41) is 17.0. The predicted molar refractivity (Wildman–Crippen MR) is 89.4 cm³/mol. The largest absolute Gasteiger partial charge is 0.507 e. The number of aromatic hydroxyl groups is 1. The molecule has 4 nitrogen and oxygen atoms in total. The highest BCUT2D eigenvalue weighted by atomic mass is 16.3. The molecule has 0 unspecified atom stereocenters. The van der Waals surface area contributed by atoms with Gasteiger partial charge in [-0.25, -0.2) is 4.79 Å². The third-order valence-corrected chi connectivity index (χ3v) is 3.46. The Kier molecular flexibility index (Phi) is 3.66. The Labute approximate surface area is 128 Å². The number of phenols is 1. The zero-order valence-corrected chi connectivity index (χ0v) is 12.1. The van der Waals surface area contributed by atoms with E-state index in [1.807, 2.05) is 43.3 Å². The SMILES string of the molecule is Cc1ccc(NC(=O)Nc2cccc3c(O)cccc23)cc1. The van der Waals surface area contributed by atoms with Crippen molar-refractivity contribution in [3.63, 3.8) is 0 Å². The molecule has 0 aliphatic rings. The van der Waals surface area contributed by atoms with Gasteiger partial charge in [0.05, 0.1) is 5.69 Å². The van der Waals surface area contributed by atoms with Crippen LogP contribution < -0.4 is 10.6 Å². The fraction of sp³-hybridized carbons (Fsp3) is 0.0556. The van der Waals surface area contributed by atoms with Gasteiger partial charge < -0.3 is 15.7 Å². The number of urea groups is 1. The lowest BCUT2D eigenvalue weighted by Crippen LogP contribution is -2.19. The zero-order chi connectivity index (χ0) is 15.5. The van der Waals surface area contributed by atoms with Gasteiger partial charge in [-0.05, 0) is 31.2 Å². The van der Waals surface area contributed by atoms with E-state index >= 15 is 0 Å². The van der Waals surface area contributed by atoms with Gasteiger partial charge >= 0.3 is 6.03 Å². The smallest absolute Gasteiger partial charge is 0.323 e. The Morgan fingerprint density at radius 3 is 2.32 bits per heavy atom. The van der Waals surface area contributed by atoms with Crippen molar-refractivity contribution < 1.29 is 9.90 Å². The van der Waals surface area contributed by atoms with E-state index in [1.54, 1.807) is 24.3 Å². The third kappa shape index (κ3) is 2.86. The second kappa shape index (κ2) is 5.77. The van der Waals surface area contributed by atoms with Crippen LogP contribution in [0.3, 0.4) is 0 Å². The number of carbonyl (C=O) groups is 1. The van der Waals surface area contributed by atoms with Gasteiger partial charge in [0.1, 0.15) is 5.75 Å². The van der Waals surface area contributed by atoms with Crippen molar-refractivity contribution in [2.75, 3.05) is 10.6 Å². The number of aryl methyl sites for hydroxylation is 1. The number of rotatable bonds is 2. The average molecular weight is 292 g/mol. The highest BCUT2D eigenvalue weighted by molar-refractivity contribution is 6.07. The van der Waals surface area contributed by atoms with E-state index in [0.717, 1.165) is 16.6 Å². The Morgan fingerprint density at radius 2 is 1.55 bits per heavy atom. The molecule has 0 atom stereocenters.